The van der Waals surface area contributed by atoms with Gasteiger partial charge in [-0.15, -0.1) is 0 Å². The fourth-order valence-electron chi connectivity index (χ4n) is 14.1. The van der Waals surface area contributed by atoms with Gasteiger partial charge in [-0.05, 0) is 38.5 Å². The summed E-state index contributed by atoms with van der Waals surface area (Å²) in [6.45, 7) is -1.97. The summed E-state index contributed by atoms with van der Waals surface area (Å²) in [5.74, 6) is -9.18. The van der Waals surface area contributed by atoms with E-state index < -0.39 is 242 Å². The van der Waals surface area contributed by atoms with Crippen molar-refractivity contribution in [2.45, 2.75) is 242 Å². The maximum atomic E-state index is 13.9. The van der Waals surface area contributed by atoms with Gasteiger partial charge < -0.3 is 123 Å². The third kappa shape index (κ3) is 28.9. The molecular formula is C59H97N5O47S6. The summed E-state index contributed by atoms with van der Waals surface area (Å²) in [4.78, 5) is 90.5. The second kappa shape index (κ2) is 44.4. The molecule has 117 heavy (non-hydrogen) atoms. The van der Waals surface area contributed by atoms with Gasteiger partial charge >= 0.3 is 75.9 Å². The fourth-order valence-corrected chi connectivity index (χ4v) is 17.7. The summed E-state index contributed by atoms with van der Waals surface area (Å²) >= 11 is 1.81. The van der Waals surface area contributed by atoms with Gasteiger partial charge in [0.15, 0.2) is 49.8 Å². The van der Waals surface area contributed by atoms with Crippen molar-refractivity contribution >= 4 is 105 Å². The zero-order valence-corrected chi connectivity index (χ0v) is 68.1. The highest BCUT2D eigenvalue weighted by Gasteiger charge is 2.63. The number of thioether (sulfide) groups is 1. The van der Waals surface area contributed by atoms with E-state index in [1.807, 2.05) is 11.8 Å². The monoisotopic (exact) mass is 1820 g/mol. The summed E-state index contributed by atoms with van der Waals surface area (Å²) in [5, 5.41) is 58.9. The standard InChI is InChI=1S/C59H97N5O47S6/c1-91-37-27(23-99-114(79,80)81)100-53(34(40(37)92-2)63-31(67)19-11-9-15-21-60-29(65)17-10-8-14-20-61-30(66)18-13-12-16-28-33-25(24-112-28)62-59(75)64-33)104-44-42(93-3)48(95-5)56(106-46(44)51(71)72)102-36-26(22-98-113(76,77)78)101-55(41(35(36)68)110-116(85,86)87)105-45-43(94-4)49(96-6)57(107-47(45)52(73)74)103-38-32(50(69)70)39(109-115(82,83)84)54(97-7)108-58(38)111-117(88,89)90/h25-28,32-49,53-58,68H,8-24H2,1-7H3,(H,60,65)(H,61,66)(H,63,67)(H,69,70)(H,71,72)(H,73,74)(H2,62,64,75)(H,76,77,78)(H,79,80,81)(H,82,83,84)(H,85,86,87)(H,88,89,90)/t25?,26-,27-,28?,32+,33?,34-,35-,36-,37-,38+,39-,40-,41-,42+,43+,44?,45+,46+,47-,48-,49-,53-,54+,55-,56-,57-,58-/m1/s1. The minimum absolute atomic E-state index is 0.0668. The van der Waals surface area contributed by atoms with Crippen molar-refractivity contribution in [3.63, 3.8) is 0 Å². The number of rotatable bonds is 48. The number of carbonyl (C=O) groups is 7. The van der Waals surface area contributed by atoms with E-state index in [2.05, 4.69) is 43.3 Å². The molecule has 52 nitrogen and oxygen atoms in total. The van der Waals surface area contributed by atoms with Gasteiger partial charge in [0.2, 0.25) is 24.0 Å². The van der Waals surface area contributed by atoms with Crippen LogP contribution in [-0.4, -0.2) is 374 Å². The highest BCUT2D eigenvalue weighted by Crippen LogP contribution is 2.42. The third-order valence-corrected chi connectivity index (χ3v) is 23.0. The zero-order chi connectivity index (χ0) is 86.8. The van der Waals surface area contributed by atoms with Crippen LogP contribution >= 0.6 is 11.8 Å². The van der Waals surface area contributed by atoms with Crippen LogP contribution in [0.25, 0.3) is 0 Å². The summed E-state index contributed by atoms with van der Waals surface area (Å²) in [7, 11) is -22.0. The summed E-state index contributed by atoms with van der Waals surface area (Å²) in [5.41, 5.74) is 0. The minimum Gasteiger partial charge on any atom is -0.481 e. The second-order valence-electron chi connectivity index (χ2n) is 26.9. The average Bonchev–Trinajstić information content (AvgIpc) is 1.34. The lowest BCUT2D eigenvalue weighted by Gasteiger charge is -2.51. The molecule has 58 heteroatoms. The zero-order valence-electron chi connectivity index (χ0n) is 63.2. The topological polar surface area (TPSA) is 726 Å². The normalized spacial score (nSPS) is 35.0. The van der Waals surface area contributed by atoms with Crippen LogP contribution in [0.2, 0.25) is 0 Å². The van der Waals surface area contributed by atoms with E-state index in [-0.39, 0.29) is 55.7 Å². The Morgan fingerprint density at radius 3 is 1.32 bits per heavy atom. The number of carboxylic acids is 3. The van der Waals surface area contributed by atoms with Crippen LogP contribution in [0.5, 0.6) is 0 Å². The molecule has 0 aliphatic carbocycles. The quantitative estimate of drug-likeness (QED) is 0.0153. The smallest absolute Gasteiger partial charge is 0.399 e. The molecule has 0 radical (unpaired) electrons. The van der Waals surface area contributed by atoms with Gasteiger partial charge in [0.25, 0.3) is 0 Å². The van der Waals surface area contributed by atoms with Crippen molar-refractivity contribution in [2.24, 2.45) is 5.92 Å². The van der Waals surface area contributed by atoms with Crippen molar-refractivity contribution in [2.75, 3.05) is 81.8 Å². The Balaban J connectivity index is 1.05. The number of aliphatic hydroxyl groups excluding tert-OH is 1. The number of methoxy groups -OCH3 is 7. The van der Waals surface area contributed by atoms with Gasteiger partial charge in [0.05, 0.1) is 25.3 Å². The van der Waals surface area contributed by atoms with Crippen LogP contribution in [0.15, 0.2) is 0 Å². The van der Waals surface area contributed by atoms with Crippen LogP contribution < -0.4 is 26.6 Å². The average molecular weight is 1820 g/mol. The van der Waals surface area contributed by atoms with Crippen molar-refractivity contribution < 1.29 is 216 Å². The summed E-state index contributed by atoms with van der Waals surface area (Å²) < 4.78 is 285. The molecule has 7 aliphatic heterocycles. The number of carboxylic acid groups (broad SMARTS) is 3. The number of nitrogens with one attached hydrogen (secondary N) is 5. The number of carbonyl (C=O) groups excluding carboxylic acids is 4. The lowest BCUT2D eigenvalue weighted by Crippen LogP contribution is -2.70. The molecule has 0 aromatic rings. The molecule has 7 aliphatic rings. The largest absolute Gasteiger partial charge is 0.481 e. The lowest BCUT2D eigenvalue weighted by molar-refractivity contribution is -0.390. The van der Waals surface area contributed by atoms with Crippen molar-refractivity contribution in [3.8, 4) is 0 Å². The number of aliphatic carboxylic acids is 3. The molecule has 7 fully saturated rings. The molecule has 0 saturated carbocycles. The van der Waals surface area contributed by atoms with Crippen LogP contribution in [0.4, 0.5) is 4.79 Å². The first kappa shape index (κ1) is 99.2. The number of fused-ring (bicyclic) bond motifs is 1. The summed E-state index contributed by atoms with van der Waals surface area (Å²) in [6, 6.07) is -1.51. The molecular weight excluding hydrogens is 1720 g/mol. The van der Waals surface area contributed by atoms with E-state index in [1.165, 1.54) is 0 Å². The summed E-state index contributed by atoms with van der Waals surface area (Å²) in [6.07, 6.45) is -47.5. The second-order valence-corrected chi connectivity index (χ2v) is 33.5. The molecule has 7 saturated heterocycles. The van der Waals surface area contributed by atoms with Crippen molar-refractivity contribution in [1.82, 2.24) is 26.6 Å². The highest BCUT2D eigenvalue weighted by atomic mass is 32.3. The van der Waals surface area contributed by atoms with E-state index in [0.717, 1.165) is 68.4 Å². The van der Waals surface area contributed by atoms with E-state index >= 15 is 0 Å². The maximum Gasteiger partial charge on any atom is 0.399 e. The van der Waals surface area contributed by atoms with Gasteiger partial charge in [-0.25, -0.2) is 35.3 Å². The van der Waals surface area contributed by atoms with Crippen LogP contribution in [-0.2, 0) is 177 Å². The number of hydrogen-bond acceptors (Lipinski definition) is 40. The van der Waals surface area contributed by atoms with Gasteiger partial charge in [-0.1, -0.05) is 19.3 Å². The maximum absolute atomic E-state index is 13.9. The van der Waals surface area contributed by atoms with Crippen molar-refractivity contribution in [1.29, 1.82) is 0 Å². The van der Waals surface area contributed by atoms with E-state index in [9.17, 15) is 119 Å². The Bertz CT molecular complexity index is 3900. The molecule has 5 amide bonds. The minimum atomic E-state index is -5.98. The van der Waals surface area contributed by atoms with Crippen LogP contribution in [0.3, 0.4) is 0 Å². The first-order chi connectivity index (χ1) is 54.9. The number of aliphatic hydroxyl groups is 1. The van der Waals surface area contributed by atoms with Crippen molar-refractivity contribution in [3.05, 3.63) is 0 Å². The molecule has 4 unspecified atom stereocenters. The van der Waals surface area contributed by atoms with E-state index in [4.69, 9.17) is 80.0 Å². The third-order valence-electron chi connectivity index (χ3n) is 19.2. The number of unbranched alkanes of at least 4 members (excludes halogenated alkanes) is 5. The van der Waals surface area contributed by atoms with Gasteiger partial charge in [0.1, 0.15) is 97.4 Å². The molecule has 676 valence electrons. The Kier molecular flexibility index (Phi) is 37.7. The Morgan fingerprint density at radius 2 is 0.863 bits per heavy atom. The molecule has 7 rings (SSSR count). The number of amides is 5. The van der Waals surface area contributed by atoms with Gasteiger partial charge in [0, 0.05) is 93.1 Å². The fraction of sp³-hybridized carbons (Fsp3) is 0.881. The molecule has 14 N–H and O–H groups in total. The number of urea groups is 1. The highest BCUT2D eigenvalue weighted by molar-refractivity contribution is 8.00. The number of ether oxygens (including phenoxy) is 16. The van der Waals surface area contributed by atoms with Gasteiger partial charge in [-0.2, -0.15) is 53.9 Å². The molecule has 0 bridgehead atoms. The first-order valence-corrected chi connectivity index (χ1v) is 43.4. The molecule has 0 spiro atoms. The van der Waals surface area contributed by atoms with Crippen LogP contribution in [0.1, 0.15) is 77.0 Å². The van der Waals surface area contributed by atoms with Gasteiger partial charge in [-0.3, -0.25) is 41.9 Å². The first-order valence-electron chi connectivity index (χ1n) is 35.5. The predicted molar refractivity (Wildman–Crippen MR) is 376 cm³/mol. The predicted octanol–water partition coefficient (Wildman–Crippen LogP) is -5.53. The number of hydrogen-bond donors (Lipinski definition) is 14. The molecule has 7 heterocycles. The van der Waals surface area contributed by atoms with E-state index in [0.29, 0.717) is 56.7 Å². The molecule has 0 aromatic heterocycles. The molecule has 0 aromatic carbocycles. The van der Waals surface area contributed by atoms with Crippen LogP contribution in [0, 0.1) is 5.92 Å². The SMILES string of the molecule is CO[C@H]1O[C@H](OS(=O)(=O)O)[C@@H](O[C@@H]2O[C@@H](C(=O)O)[C@@H](O[C@H]3O[C@H](COS(=O)(=O)O)[C@@H](O[C@@H]4O[C@H](C(=O)O)C(O[C@H]5O[C@H](COS(=O)(=O)O)[C@@H](OC)[C@H](OC)[C@H]5NC(=O)CCCCCNC(=O)CCCCCNC(=O)CCCCC5SCC6NC(=O)NC65)[C@H](OC)[C@H]4OC)[C@@H](O)[C@H]3OS(=O)(=O)O)[C@H](OC)[C@H]2OC)[C@H](C(=O)O)[C@H]1OS(=O)(=O)O. The molecule has 28 atom stereocenters. The lowest BCUT2D eigenvalue weighted by atomic mass is 9.91. The van der Waals surface area contributed by atoms with E-state index in [1.54, 1.807) is 0 Å². The Morgan fingerprint density at radius 1 is 0.427 bits per heavy atom. The Hall–Kier alpha value is -4.89. The Labute approximate surface area is 674 Å².